The van der Waals surface area contributed by atoms with E-state index in [4.69, 9.17) is 0 Å². The fourth-order valence-electron chi connectivity index (χ4n) is 2.74. The van der Waals surface area contributed by atoms with Crippen molar-refractivity contribution in [2.45, 2.75) is 26.7 Å². The number of nitrogens with one attached hydrogen (secondary N) is 1. The zero-order valence-corrected chi connectivity index (χ0v) is 12.3. The lowest BCUT2D eigenvalue weighted by molar-refractivity contribution is -0.384. The third-order valence-electron chi connectivity index (χ3n) is 4.02. The molecule has 0 unspecified atom stereocenters. The Kier molecular flexibility index (Phi) is 4.95. The molecule has 1 aromatic rings. The third kappa shape index (κ3) is 3.93. The summed E-state index contributed by atoms with van der Waals surface area (Å²) in [6, 6.07) is 5.19. The Balaban J connectivity index is 1.89. The minimum Gasteiger partial charge on any atom is -0.385 e. The topological polar surface area (TPSA) is 58.4 Å². The maximum Gasteiger partial charge on any atom is 0.271 e. The van der Waals surface area contributed by atoms with Crippen LogP contribution in [0.2, 0.25) is 0 Å². The van der Waals surface area contributed by atoms with E-state index in [1.165, 1.54) is 12.8 Å². The highest BCUT2D eigenvalue weighted by Gasteiger charge is 2.18. The normalized spacial score (nSPS) is 17.1. The van der Waals surface area contributed by atoms with Crippen LogP contribution in [0.5, 0.6) is 0 Å². The van der Waals surface area contributed by atoms with Gasteiger partial charge in [-0.05, 0) is 56.9 Å². The number of anilines is 1. The molecule has 0 saturated carbocycles. The molecule has 0 radical (unpaired) electrons. The van der Waals surface area contributed by atoms with Gasteiger partial charge in [0.15, 0.2) is 0 Å². The summed E-state index contributed by atoms with van der Waals surface area (Å²) in [4.78, 5) is 13.0. The van der Waals surface area contributed by atoms with E-state index in [-0.39, 0.29) is 10.6 Å². The van der Waals surface area contributed by atoms with Crippen molar-refractivity contribution >= 4 is 11.4 Å². The van der Waals surface area contributed by atoms with Gasteiger partial charge in [0.25, 0.3) is 5.69 Å². The fourth-order valence-corrected chi connectivity index (χ4v) is 2.74. The van der Waals surface area contributed by atoms with Gasteiger partial charge in [-0.25, -0.2) is 0 Å². The molecule has 110 valence electrons. The lowest BCUT2D eigenvalue weighted by Crippen LogP contribution is -2.35. The number of benzene rings is 1. The van der Waals surface area contributed by atoms with Crippen LogP contribution in [0.3, 0.4) is 0 Å². The first-order valence-corrected chi connectivity index (χ1v) is 7.30. The van der Waals surface area contributed by atoms with E-state index in [9.17, 15) is 10.1 Å². The first kappa shape index (κ1) is 14.8. The number of piperidine rings is 1. The number of nitro benzene ring substituents is 1. The lowest BCUT2D eigenvalue weighted by atomic mass is 9.96. The van der Waals surface area contributed by atoms with E-state index in [1.807, 2.05) is 13.0 Å². The lowest BCUT2D eigenvalue weighted by Gasteiger charge is -2.31. The second-order valence-electron chi connectivity index (χ2n) is 5.57. The number of rotatable bonds is 5. The number of nitrogens with zero attached hydrogens (tertiary/aromatic N) is 2. The van der Waals surface area contributed by atoms with E-state index in [1.54, 1.807) is 12.1 Å². The minimum atomic E-state index is -0.335. The molecule has 1 saturated heterocycles. The Hall–Kier alpha value is -1.62. The number of hydrogen-bond donors (Lipinski definition) is 1. The van der Waals surface area contributed by atoms with Crippen LogP contribution < -0.4 is 5.32 Å². The van der Waals surface area contributed by atoms with Crippen molar-refractivity contribution in [1.82, 2.24) is 4.90 Å². The Bertz CT molecular complexity index is 468. The van der Waals surface area contributed by atoms with E-state index in [0.29, 0.717) is 5.92 Å². The van der Waals surface area contributed by atoms with E-state index >= 15 is 0 Å². The zero-order chi connectivity index (χ0) is 14.5. The van der Waals surface area contributed by atoms with Gasteiger partial charge >= 0.3 is 0 Å². The third-order valence-corrected chi connectivity index (χ3v) is 4.02. The highest BCUT2D eigenvalue weighted by Crippen LogP contribution is 2.22. The minimum absolute atomic E-state index is 0.160. The average molecular weight is 277 g/mol. The summed E-state index contributed by atoms with van der Waals surface area (Å²) in [5, 5.41) is 14.2. The molecule has 5 nitrogen and oxygen atoms in total. The highest BCUT2D eigenvalue weighted by atomic mass is 16.6. The van der Waals surface area contributed by atoms with Crippen LogP contribution in [-0.4, -0.2) is 36.0 Å². The molecular formula is C15H23N3O2. The molecule has 1 aliphatic heterocycles. The van der Waals surface area contributed by atoms with Crippen molar-refractivity contribution in [2.24, 2.45) is 5.92 Å². The van der Waals surface area contributed by atoms with Gasteiger partial charge in [0.1, 0.15) is 0 Å². The van der Waals surface area contributed by atoms with Gasteiger partial charge in [0.05, 0.1) is 4.92 Å². The Morgan fingerprint density at radius 1 is 1.35 bits per heavy atom. The molecule has 5 heteroatoms. The summed E-state index contributed by atoms with van der Waals surface area (Å²) in [5.41, 5.74) is 1.94. The molecule has 2 rings (SSSR count). The Morgan fingerprint density at radius 2 is 2.05 bits per heavy atom. The first-order chi connectivity index (χ1) is 9.58. The van der Waals surface area contributed by atoms with Gasteiger partial charge in [-0.1, -0.05) is 6.92 Å². The molecule has 0 spiro atoms. The van der Waals surface area contributed by atoms with Crippen LogP contribution in [0.15, 0.2) is 18.2 Å². The first-order valence-electron chi connectivity index (χ1n) is 7.30. The summed E-state index contributed by atoms with van der Waals surface area (Å²) in [6.45, 7) is 8.44. The maximum atomic E-state index is 10.9. The Morgan fingerprint density at radius 3 is 2.65 bits per heavy atom. The van der Waals surface area contributed by atoms with Crippen LogP contribution in [-0.2, 0) is 0 Å². The predicted octanol–water partition coefficient (Wildman–Crippen LogP) is 3.05. The average Bonchev–Trinajstić information content (AvgIpc) is 2.45. The van der Waals surface area contributed by atoms with Crippen LogP contribution in [0.25, 0.3) is 0 Å². The largest absolute Gasteiger partial charge is 0.385 e. The van der Waals surface area contributed by atoms with E-state index < -0.39 is 0 Å². The van der Waals surface area contributed by atoms with Gasteiger partial charge < -0.3 is 10.2 Å². The number of non-ortho nitro benzene ring substituents is 1. The fraction of sp³-hybridized carbons (Fsp3) is 0.600. The molecule has 1 aliphatic rings. The second-order valence-corrected chi connectivity index (χ2v) is 5.57. The van der Waals surface area contributed by atoms with Crippen molar-refractivity contribution in [2.75, 3.05) is 31.5 Å². The van der Waals surface area contributed by atoms with Crippen molar-refractivity contribution in [3.05, 3.63) is 33.9 Å². The molecule has 1 heterocycles. The van der Waals surface area contributed by atoms with Gasteiger partial charge in [-0.15, -0.1) is 0 Å². The molecule has 1 N–H and O–H groups in total. The molecular weight excluding hydrogens is 254 g/mol. The predicted molar refractivity (Wildman–Crippen MR) is 81.2 cm³/mol. The molecule has 1 fully saturated rings. The van der Waals surface area contributed by atoms with Crippen LogP contribution in [0, 0.1) is 23.0 Å². The monoisotopic (exact) mass is 277 g/mol. The number of hydrogen-bond acceptors (Lipinski definition) is 4. The van der Waals surface area contributed by atoms with Crippen molar-refractivity contribution in [1.29, 1.82) is 0 Å². The van der Waals surface area contributed by atoms with Crippen LogP contribution >= 0.6 is 0 Å². The number of nitro groups is 1. The molecule has 0 amide bonds. The van der Waals surface area contributed by atoms with Crippen molar-refractivity contribution in [3.63, 3.8) is 0 Å². The Labute approximate surface area is 120 Å². The summed E-state index contributed by atoms with van der Waals surface area (Å²) in [5.74, 6) is 0.664. The standard InChI is InChI=1S/C15H23N3O2/c1-3-17-6-4-13(5-7-17)11-16-14-8-12(2)9-15(10-14)18(19)20/h8-10,13,16H,3-7,11H2,1-2H3. The molecule has 0 aliphatic carbocycles. The smallest absolute Gasteiger partial charge is 0.271 e. The number of likely N-dealkylation sites (tertiary alicyclic amines) is 1. The van der Waals surface area contributed by atoms with Gasteiger partial charge in [-0.2, -0.15) is 0 Å². The summed E-state index contributed by atoms with van der Waals surface area (Å²) in [6.07, 6.45) is 2.41. The molecule has 1 aromatic carbocycles. The van der Waals surface area contributed by atoms with Crippen LogP contribution in [0.1, 0.15) is 25.3 Å². The van der Waals surface area contributed by atoms with E-state index in [2.05, 4.69) is 17.1 Å². The van der Waals surface area contributed by atoms with Crippen molar-refractivity contribution in [3.8, 4) is 0 Å². The SMILES string of the molecule is CCN1CCC(CNc2cc(C)cc([N+](=O)[O-])c2)CC1. The molecule has 0 bridgehead atoms. The molecule has 0 atom stereocenters. The van der Waals surface area contributed by atoms with Crippen LogP contribution in [0.4, 0.5) is 11.4 Å². The van der Waals surface area contributed by atoms with Crippen molar-refractivity contribution < 1.29 is 4.92 Å². The quantitative estimate of drug-likeness (QED) is 0.664. The summed E-state index contributed by atoms with van der Waals surface area (Å²) in [7, 11) is 0. The van der Waals surface area contributed by atoms with Gasteiger partial charge in [0, 0.05) is 24.4 Å². The van der Waals surface area contributed by atoms with Gasteiger partial charge in [-0.3, -0.25) is 10.1 Å². The summed E-state index contributed by atoms with van der Waals surface area (Å²) >= 11 is 0. The molecule has 0 aromatic heterocycles. The van der Waals surface area contributed by atoms with E-state index in [0.717, 1.165) is 37.4 Å². The zero-order valence-electron chi connectivity index (χ0n) is 12.3. The second kappa shape index (κ2) is 6.70. The molecule has 20 heavy (non-hydrogen) atoms. The summed E-state index contributed by atoms with van der Waals surface area (Å²) < 4.78 is 0. The highest BCUT2D eigenvalue weighted by molar-refractivity contribution is 5.53. The number of aryl methyl sites for hydroxylation is 1. The maximum absolute atomic E-state index is 10.9. The van der Waals surface area contributed by atoms with Gasteiger partial charge in [0.2, 0.25) is 0 Å².